The van der Waals surface area contributed by atoms with Gasteiger partial charge >= 0.3 is 0 Å². The van der Waals surface area contributed by atoms with E-state index < -0.39 is 0 Å². The SMILES string of the molecule is CCc1cccc(C)c1N(CC1SCCS1)C(=O)CCl. The molecule has 1 heterocycles. The van der Waals surface area contributed by atoms with Crippen LogP contribution in [0.2, 0.25) is 0 Å². The quantitative estimate of drug-likeness (QED) is 0.763. The number of halogens is 1. The van der Waals surface area contributed by atoms with Crippen LogP contribution in [0.25, 0.3) is 0 Å². The Labute approximate surface area is 134 Å². The number of anilines is 1. The predicted molar refractivity (Wildman–Crippen MR) is 92.3 cm³/mol. The number of hydrogen-bond acceptors (Lipinski definition) is 3. The van der Waals surface area contributed by atoms with Gasteiger partial charge in [-0.1, -0.05) is 25.1 Å². The third-order valence-electron chi connectivity index (χ3n) is 3.41. The van der Waals surface area contributed by atoms with E-state index in [-0.39, 0.29) is 11.8 Å². The summed E-state index contributed by atoms with van der Waals surface area (Å²) in [6.45, 7) is 4.94. The molecular weight excluding hydrogens is 310 g/mol. The largest absolute Gasteiger partial charge is 0.309 e. The van der Waals surface area contributed by atoms with Crippen LogP contribution < -0.4 is 4.90 Å². The van der Waals surface area contributed by atoms with E-state index >= 15 is 0 Å². The van der Waals surface area contributed by atoms with Crippen molar-refractivity contribution in [3.8, 4) is 0 Å². The second kappa shape index (κ2) is 7.62. The summed E-state index contributed by atoms with van der Waals surface area (Å²) in [7, 11) is 0. The van der Waals surface area contributed by atoms with Gasteiger partial charge in [0.2, 0.25) is 5.91 Å². The van der Waals surface area contributed by atoms with E-state index in [4.69, 9.17) is 11.6 Å². The van der Waals surface area contributed by atoms with Crippen LogP contribution in [0.5, 0.6) is 0 Å². The maximum absolute atomic E-state index is 12.3. The first kappa shape index (κ1) is 16.1. The van der Waals surface area contributed by atoms with Crippen molar-refractivity contribution in [1.82, 2.24) is 0 Å². The lowest BCUT2D eigenvalue weighted by atomic mass is 10.0. The van der Waals surface area contributed by atoms with E-state index in [2.05, 4.69) is 32.0 Å². The zero-order valence-electron chi connectivity index (χ0n) is 11.9. The minimum Gasteiger partial charge on any atom is -0.309 e. The molecule has 0 saturated carbocycles. The average molecular weight is 330 g/mol. The molecular formula is C15H20ClNOS2. The van der Waals surface area contributed by atoms with Gasteiger partial charge in [0.25, 0.3) is 0 Å². The molecule has 1 saturated heterocycles. The van der Waals surface area contributed by atoms with E-state index in [1.165, 1.54) is 17.1 Å². The molecule has 1 aromatic rings. The molecule has 0 spiro atoms. The number of para-hydroxylation sites is 1. The van der Waals surface area contributed by atoms with Crippen molar-refractivity contribution in [2.75, 3.05) is 28.8 Å². The number of alkyl halides is 1. The summed E-state index contributed by atoms with van der Waals surface area (Å²) in [6.07, 6.45) is 0.925. The van der Waals surface area contributed by atoms with Crippen LogP contribution in [0.3, 0.4) is 0 Å². The lowest BCUT2D eigenvalue weighted by Gasteiger charge is -2.28. The summed E-state index contributed by atoms with van der Waals surface area (Å²) >= 11 is 9.70. The Morgan fingerprint density at radius 1 is 1.40 bits per heavy atom. The molecule has 1 aliphatic rings. The van der Waals surface area contributed by atoms with Gasteiger partial charge in [-0.15, -0.1) is 35.1 Å². The maximum atomic E-state index is 12.3. The normalized spacial score (nSPS) is 15.6. The topological polar surface area (TPSA) is 20.3 Å². The van der Waals surface area contributed by atoms with Crippen molar-refractivity contribution in [2.45, 2.75) is 24.9 Å². The Kier molecular flexibility index (Phi) is 6.12. The highest BCUT2D eigenvalue weighted by atomic mass is 35.5. The summed E-state index contributed by atoms with van der Waals surface area (Å²) in [5.74, 6) is 2.39. The van der Waals surface area contributed by atoms with Crippen molar-refractivity contribution in [1.29, 1.82) is 0 Å². The Balaban J connectivity index is 2.32. The van der Waals surface area contributed by atoms with Crippen LogP contribution >= 0.6 is 35.1 Å². The number of benzene rings is 1. The number of hydrogen-bond donors (Lipinski definition) is 0. The van der Waals surface area contributed by atoms with Gasteiger partial charge in [0.15, 0.2) is 0 Å². The van der Waals surface area contributed by atoms with Crippen LogP contribution in [0.4, 0.5) is 5.69 Å². The minimum atomic E-state index is 0.00349. The molecule has 1 amide bonds. The standard InChI is InChI=1S/C15H20ClNOS2/c1-3-12-6-4-5-11(2)15(12)17(13(18)9-16)10-14-19-7-8-20-14/h4-6,14H,3,7-10H2,1-2H3. The number of rotatable bonds is 5. The molecule has 5 heteroatoms. The Morgan fingerprint density at radius 3 is 2.70 bits per heavy atom. The number of thioether (sulfide) groups is 2. The highest BCUT2D eigenvalue weighted by molar-refractivity contribution is 8.20. The predicted octanol–water partition coefficient (Wildman–Crippen LogP) is 3.94. The summed E-state index contributed by atoms with van der Waals surface area (Å²) in [5, 5.41) is 0. The molecule has 0 aromatic heterocycles. The molecule has 0 N–H and O–H groups in total. The number of carbonyl (C=O) groups is 1. The zero-order valence-corrected chi connectivity index (χ0v) is 14.3. The van der Waals surface area contributed by atoms with Crippen LogP contribution in [0, 0.1) is 6.92 Å². The Hall–Kier alpha value is -0.320. The van der Waals surface area contributed by atoms with Crippen molar-refractivity contribution >= 4 is 46.7 Å². The van der Waals surface area contributed by atoms with E-state index in [9.17, 15) is 4.79 Å². The van der Waals surface area contributed by atoms with Gasteiger partial charge in [0, 0.05) is 23.7 Å². The van der Waals surface area contributed by atoms with Crippen molar-refractivity contribution < 1.29 is 4.79 Å². The van der Waals surface area contributed by atoms with Gasteiger partial charge in [-0.05, 0) is 24.5 Å². The third-order valence-corrected chi connectivity index (χ3v) is 6.63. The monoisotopic (exact) mass is 329 g/mol. The molecule has 1 fully saturated rings. The first-order chi connectivity index (χ1) is 9.67. The molecule has 0 unspecified atom stereocenters. The van der Waals surface area contributed by atoms with Crippen LogP contribution in [0.15, 0.2) is 18.2 Å². The molecule has 2 nitrogen and oxygen atoms in total. The number of nitrogens with zero attached hydrogens (tertiary/aromatic N) is 1. The second-order valence-corrected chi connectivity index (χ2v) is 7.93. The van der Waals surface area contributed by atoms with Gasteiger partial charge in [0.05, 0.1) is 4.58 Å². The fraction of sp³-hybridized carbons (Fsp3) is 0.533. The molecule has 0 atom stereocenters. The fourth-order valence-electron chi connectivity index (χ4n) is 2.44. The van der Waals surface area contributed by atoms with Gasteiger partial charge in [-0.25, -0.2) is 0 Å². The number of amides is 1. The molecule has 0 aliphatic carbocycles. The molecule has 1 aliphatic heterocycles. The van der Waals surface area contributed by atoms with E-state index in [1.807, 2.05) is 28.4 Å². The molecule has 1 aromatic carbocycles. The highest BCUT2D eigenvalue weighted by Crippen LogP contribution is 2.35. The lowest BCUT2D eigenvalue weighted by molar-refractivity contribution is -0.116. The van der Waals surface area contributed by atoms with Crippen molar-refractivity contribution in [3.63, 3.8) is 0 Å². The maximum Gasteiger partial charge on any atom is 0.241 e. The first-order valence-electron chi connectivity index (χ1n) is 6.85. The molecule has 110 valence electrons. The van der Waals surface area contributed by atoms with Gasteiger partial charge in [-0.2, -0.15) is 0 Å². The van der Waals surface area contributed by atoms with Gasteiger partial charge in [0.1, 0.15) is 5.88 Å². The zero-order chi connectivity index (χ0) is 14.5. The second-order valence-electron chi connectivity index (χ2n) is 4.75. The molecule has 0 radical (unpaired) electrons. The smallest absolute Gasteiger partial charge is 0.241 e. The number of aryl methyl sites for hydroxylation is 2. The number of carbonyl (C=O) groups excluding carboxylic acids is 1. The Morgan fingerprint density at radius 2 is 2.10 bits per heavy atom. The van der Waals surface area contributed by atoms with Crippen LogP contribution in [-0.4, -0.2) is 34.4 Å². The Bertz CT molecular complexity index is 475. The van der Waals surface area contributed by atoms with Gasteiger partial charge in [-0.3, -0.25) is 4.79 Å². The summed E-state index contributed by atoms with van der Waals surface area (Å²) in [4.78, 5) is 14.2. The molecule has 0 bridgehead atoms. The third kappa shape index (κ3) is 3.66. The summed E-state index contributed by atoms with van der Waals surface area (Å²) < 4.78 is 0.464. The van der Waals surface area contributed by atoms with Crippen molar-refractivity contribution in [3.05, 3.63) is 29.3 Å². The van der Waals surface area contributed by atoms with E-state index in [0.29, 0.717) is 4.58 Å². The van der Waals surface area contributed by atoms with Gasteiger partial charge < -0.3 is 4.90 Å². The lowest BCUT2D eigenvalue weighted by Crippen LogP contribution is -2.37. The molecule has 2 rings (SSSR count). The van der Waals surface area contributed by atoms with Crippen LogP contribution in [-0.2, 0) is 11.2 Å². The average Bonchev–Trinajstić information content (AvgIpc) is 2.97. The highest BCUT2D eigenvalue weighted by Gasteiger charge is 2.25. The molecule has 20 heavy (non-hydrogen) atoms. The van der Waals surface area contributed by atoms with Crippen LogP contribution in [0.1, 0.15) is 18.1 Å². The summed E-state index contributed by atoms with van der Waals surface area (Å²) in [6, 6.07) is 6.23. The van der Waals surface area contributed by atoms with E-state index in [1.54, 1.807) is 0 Å². The first-order valence-corrected chi connectivity index (χ1v) is 9.48. The van der Waals surface area contributed by atoms with E-state index in [0.717, 1.165) is 24.2 Å². The minimum absolute atomic E-state index is 0.00349. The summed E-state index contributed by atoms with van der Waals surface area (Å²) in [5.41, 5.74) is 3.43. The fourth-order valence-corrected chi connectivity index (χ4v) is 5.35. The van der Waals surface area contributed by atoms with Crippen molar-refractivity contribution in [2.24, 2.45) is 0 Å².